The number of benzene rings is 2. The summed E-state index contributed by atoms with van der Waals surface area (Å²) in [6.45, 7) is 0. The van der Waals surface area contributed by atoms with Gasteiger partial charge in [-0.25, -0.2) is 0 Å². The summed E-state index contributed by atoms with van der Waals surface area (Å²) in [5, 5.41) is 29.3. The van der Waals surface area contributed by atoms with E-state index in [1.54, 1.807) is 0 Å². The second kappa shape index (κ2) is 11.2. The molecule has 2 amide bonds. The van der Waals surface area contributed by atoms with E-state index in [0.717, 1.165) is 43.2 Å². The van der Waals surface area contributed by atoms with Crippen LogP contribution in [-0.2, 0) is 22.4 Å². The molecule has 0 aromatic heterocycles. The minimum Gasteiger partial charge on any atom is -0.388 e. The third kappa shape index (κ3) is 5.52. The zero-order chi connectivity index (χ0) is 26.6. The van der Waals surface area contributed by atoms with Gasteiger partial charge in [0.1, 0.15) is 5.41 Å². The molecule has 4 N–H and O–H groups in total. The molecule has 38 heavy (non-hydrogen) atoms. The first kappa shape index (κ1) is 26.9. The molecule has 0 unspecified atom stereocenters. The summed E-state index contributed by atoms with van der Waals surface area (Å²) in [4.78, 5) is 27.8. The molecule has 6 nitrogen and oxygen atoms in total. The number of nitrogens with one attached hydrogen (secondary N) is 2. The van der Waals surface area contributed by atoms with E-state index >= 15 is 0 Å². The van der Waals surface area contributed by atoms with Crippen molar-refractivity contribution in [3.05, 3.63) is 71.8 Å². The Bertz CT molecular complexity index is 1000. The molecule has 0 heterocycles. The van der Waals surface area contributed by atoms with Gasteiger partial charge in [0.05, 0.1) is 23.3 Å². The van der Waals surface area contributed by atoms with E-state index < -0.39 is 28.7 Å². The second-order valence-electron chi connectivity index (χ2n) is 12.0. The summed E-state index contributed by atoms with van der Waals surface area (Å²) in [5.74, 6) is -0.584. The average Bonchev–Trinajstić information content (AvgIpc) is 3.54. The molecule has 204 valence electrons. The van der Waals surface area contributed by atoms with E-state index in [-0.39, 0.29) is 11.8 Å². The predicted octanol–water partition coefficient (Wildman–Crippen LogP) is 4.22. The molecule has 2 atom stereocenters. The van der Waals surface area contributed by atoms with Crippen molar-refractivity contribution in [2.45, 2.75) is 107 Å². The first-order chi connectivity index (χ1) is 18.3. The number of hydrogen-bond acceptors (Lipinski definition) is 4. The van der Waals surface area contributed by atoms with Gasteiger partial charge in [0.2, 0.25) is 11.8 Å². The van der Waals surface area contributed by atoms with Crippen molar-refractivity contribution >= 4 is 11.8 Å². The van der Waals surface area contributed by atoms with Crippen molar-refractivity contribution in [2.24, 2.45) is 5.41 Å². The molecule has 2 aromatic rings. The molecule has 3 aliphatic carbocycles. The minimum atomic E-state index is -1.16. The molecular formula is C32H42N2O4. The zero-order valence-corrected chi connectivity index (χ0v) is 22.3. The Morgan fingerprint density at radius 3 is 1.29 bits per heavy atom. The average molecular weight is 519 g/mol. The van der Waals surface area contributed by atoms with Crippen LogP contribution < -0.4 is 10.6 Å². The third-order valence-corrected chi connectivity index (χ3v) is 9.49. The molecule has 3 aliphatic rings. The fourth-order valence-electron chi connectivity index (χ4n) is 6.80. The van der Waals surface area contributed by atoms with Gasteiger partial charge in [0.25, 0.3) is 0 Å². The highest BCUT2D eigenvalue weighted by Gasteiger charge is 2.54. The molecule has 0 bridgehead atoms. The van der Waals surface area contributed by atoms with Crippen molar-refractivity contribution in [1.29, 1.82) is 0 Å². The van der Waals surface area contributed by atoms with Crippen LogP contribution in [0.1, 0.15) is 81.8 Å². The Morgan fingerprint density at radius 1 is 0.605 bits per heavy atom. The molecule has 0 saturated heterocycles. The quantitative estimate of drug-likeness (QED) is 0.354. The van der Waals surface area contributed by atoms with Crippen LogP contribution >= 0.6 is 0 Å². The van der Waals surface area contributed by atoms with Gasteiger partial charge in [-0.15, -0.1) is 0 Å². The summed E-state index contributed by atoms with van der Waals surface area (Å²) in [7, 11) is 0. The van der Waals surface area contributed by atoms with Crippen LogP contribution in [0.25, 0.3) is 0 Å². The van der Waals surface area contributed by atoms with Crippen LogP contribution in [0.3, 0.4) is 0 Å². The Balaban J connectivity index is 1.34. The molecule has 0 spiro atoms. The van der Waals surface area contributed by atoms with E-state index in [4.69, 9.17) is 0 Å². The van der Waals surface area contributed by atoms with E-state index in [1.807, 2.05) is 60.7 Å². The zero-order valence-electron chi connectivity index (χ0n) is 22.3. The van der Waals surface area contributed by atoms with Crippen molar-refractivity contribution < 1.29 is 19.8 Å². The first-order valence-electron chi connectivity index (χ1n) is 14.5. The molecule has 2 aromatic carbocycles. The van der Waals surface area contributed by atoms with Gasteiger partial charge in [-0.1, -0.05) is 92.8 Å². The summed E-state index contributed by atoms with van der Waals surface area (Å²) in [5.41, 5.74) is -0.995. The van der Waals surface area contributed by atoms with Crippen LogP contribution in [0, 0.1) is 5.41 Å². The third-order valence-electron chi connectivity index (χ3n) is 9.49. The Labute approximate surface area is 226 Å². The minimum absolute atomic E-state index is 0.292. The van der Waals surface area contributed by atoms with Crippen LogP contribution in [0.5, 0.6) is 0 Å². The topological polar surface area (TPSA) is 98.7 Å². The Morgan fingerprint density at radius 2 is 0.974 bits per heavy atom. The smallest absolute Gasteiger partial charge is 0.236 e. The number of carbonyl (C=O) groups is 2. The fraction of sp³-hybridized carbons (Fsp3) is 0.562. The fourth-order valence-corrected chi connectivity index (χ4v) is 6.80. The van der Waals surface area contributed by atoms with Crippen molar-refractivity contribution in [1.82, 2.24) is 10.6 Å². The largest absolute Gasteiger partial charge is 0.388 e. The summed E-state index contributed by atoms with van der Waals surface area (Å²) in [6.07, 6.45) is 9.16. The monoisotopic (exact) mass is 518 g/mol. The maximum atomic E-state index is 13.9. The molecule has 6 heteroatoms. The lowest BCUT2D eigenvalue weighted by molar-refractivity contribution is -0.153. The van der Waals surface area contributed by atoms with Gasteiger partial charge in [0.15, 0.2) is 0 Å². The van der Waals surface area contributed by atoms with Crippen LogP contribution in [0.2, 0.25) is 0 Å². The molecule has 5 rings (SSSR count). The van der Waals surface area contributed by atoms with E-state index in [9.17, 15) is 19.8 Å². The Hall–Kier alpha value is -2.70. The number of hydrogen-bond donors (Lipinski definition) is 4. The second-order valence-corrected chi connectivity index (χ2v) is 12.0. The normalized spacial score (nSPS) is 22.7. The van der Waals surface area contributed by atoms with Gasteiger partial charge in [0, 0.05) is 0 Å². The van der Waals surface area contributed by atoms with Crippen molar-refractivity contribution in [2.75, 3.05) is 0 Å². The highest BCUT2D eigenvalue weighted by molar-refractivity contribution is 6.06. The van der Waals surface area contributed by atoms with Crippen LogP contribution in [0.15, 0.2) is 60.7 Å². The molecule has 0 radical (unpaired) electrons. The maximum absolute atomic E-state index is 13.9. The summed E-state index contributed by atoms with van der Waals surface area (Å²) >= 11 is 0. The van der Waals surface area contributed by atoms with Crippen molar-refractivity contribution in [3.63, 3.8) is 0 Å². The van der Waals surface area contributed by atoms with Gasteiger partial charge in [-0.2, -0.15) is 0 Å². The lowest BCUT2D eigenvalue weighted by Crippen LogP contribution is -2.63. The highest BCUT2D eigenvalue weighted by atomic mass is 16.3. The van der Waals surface area contributed by atoms with Gasteiger partial charge in [-0.05, 0) is 62.5 Å². The van der Waals surface area contributed by atoms with E-state index in [1.165, 1.54) is 0 Å². The number of carbonyl (C=O) groups excluding carboxylic acids is 2. The van der Waals surface area contributed by atoms with Gasteiger partial charge in [-0.3, -0.25) is 9.59 Å². The number of amides is 2. The summed E-state index contributed by atoms with van der Waals surface area (Å²) in [6, 6.07) is 18.9. The van der Waals surface area contributed by atoms with Crippen molar-refractivity contribution in [3.8, 4) is 0 Å². The van der Waals surface area contributed by atoms with Crippen LogP contribution in [-0.4, -0.2) is 45.3 Å². The number of aliphatic hydroxyl groups is 2. The lowest BCUT2D eigenvalue weighted by atomic mass is 9.66. The molecule has 3 saturated carbocycles. The molecule has 0 aliphatic heterocycles. The summed E-state index contributed by atoms with van der Waals surface area (Å²) < 4.78 is 0. The van der Waals surface area contributed by atoms with Gasteiger partial charge >= 0.3 is 0 Å². The number of rotatable bonds is 10. The standard InChI is InChI=1S/C32H42N2O4/c35-28(33-26(31(37)18-7-8-19-31)22-24-12-3-1-4-13-24)30(16-11-17-30)29(36)34-27(32(38)20-9-10-21-32)23-25-14-5-2-6-15-25/h1-6,12-15,26-27,37-38H,7-11,16-23H2,(H,33,35)(H,34,36)/t26-,27-/m1/s1. The van der Waals surface area contributed by atoms with E-state index in [0.29, 0.717) is 51.4 Å². The highest BCUT2D eigenvalue weighted by Crippen LogP contribution is 2.43. The SMILES string of the molecule is O=C(N[C@H](Cc1ccccc1)C1(O)CCCC1)C1(C(=O)N[C@H](Cc2ccccc2)C2(O)CCCC2)CCC1. The lowest BCUT2D eigenvalue weighted by Gasteiger charge is -2.43. The molecule has 3 fully saturated rings. The Kier molecular flexibility index (Phi) is 7.92. The van der Waals surface area contributed by atoms with E-state index in [2.05, 4.69) is 10.6 Å². The first-order valence-corrected chi connectivity index (χ1v) is 14.5. The predicted molar refractivity (Wildman–Crippen MR) is 147 cm³/mol. The molecular weight excluding hydrogens is 476 g/mol. The maximum Gasteiger partial charge on any atom is 0.236 e. The van der Waals surface area contributed by atoms with Crippen LogP contribution in [0.4, 0.5) is 0 Å². The van der Waals surface area contributed by atoms with Gasteiger partial charge < -0.3 is 20.8 Å².